The number of carbonyl (C=O) groups is 1. The van der Waals surface area contributed by atoms with Crippen LogP contribution in [0.4, 0.5) is 10.1 Å². The minimum atomic E-state index is -0.444. The van der Waals surface area contributed by atoms with E-state index in [-0.39, 0.29) is 0 Å². The molecule has 0 aliphatic carbocycles. The van der Waals surface area contributed by atoms with E-state index in [0.717, 1.165) is 0 Å². The Bertz CT molecular complexity index is 713. The Morgan fingerprint density at radius 1 is 1.32 bits per heavy atom. The molecule has 0 saturated carbocycles. The van der Waals surface area contributed by atoms with Gasteiger partial charge in [-0.25, -0.2) is 9.18 Å². The first kappa shape index (κ1) is 16.0. The van der Waals surface area contributed by atoms with Gasteiger partial charge in [-0.15, -0.1) is 11.3 Å². The minimum absolute atomic E-state index is 0.350. The summed E-state index contributed by atoms with van der Waals surface area (Å²) in [7, 11) is 2.79. The average molecular weight is 322 g/mol. The number of esters is 1. The van der Waals surface area contributed by atoms with Crippen LogP contribution in [0.1, 0.15) is 22.2 Å². The molecule has 0 unspecified atom stereocenters. The van der Waals surface area contributed by atoms with Crippen LogP contribution in [-0.2, 0) is 4.74 Å². The maximum atomic E-state index is 14.0. The molecular weight excluding hydrogens is 307 g/mol. The Kier molecular flexibility index (Phi) is 5.11. The lowest BCUT2D eigenvalue weighted by atomic mass is 10.1. The Balaban J connectivity index is 2.20. The SMILES string of the molecule is COC(=O)c1sccc1NN=C(C)c1ccc(OC)cc1F. The van der Waals surface area contributed by atoms with Crippen molar-refractivity contribution in [3.05, 3.63) is 45.9 Å². The topological polar surface area (TPSA) is 59.9 Å². The number of carbonyl (C=O) groups excluding carboxylic acids is 1. The molecule has 0 fully saturated rings. The average Bonchev–Trinajstić information content (AvgIpc) is 3.00. The van der Waals surface area contributed by atoms with Crippen LogP contribution in [-0.4, -0.2) is 25.9 Å². The molecule has 0 saturated heterocycles. The van der Waals surface area contributed by atoms with E-state index < -0.39 is 11.8 Å². The second kappa shape index (κ2) is 7.04. The molecule has 1 N–H and O–H groups in total. The number of hydrazone groups is 1. The second-order valence-electron chi connectivity index (χ2n) is 4.31. The Morgan fingerprint density at radius 3 is 2.73 bits per heavy atom. The van der Waals surface area contributed by atoms with Crippen molar-refractivity contribution in [2.75, 3.05) is 19.6 Å². The Labute approximate surface area is 131 Å². The minimum Gasteiger partial charge on any atom is -0.497 e. The van der Waals surface area contributed by atoms with Crippen LogP contribution >= 0.6 is 11.3 Å². The predicted molar refractivity (Wildman–Crippen MR) is 84.4 cm³/mol. The summed E-state index contributed by atoms with van der Waals surface area (Å²) in [5, 5.41) is 5.86. The zero-order valence-electron chi connectivity index (χ0n) is 12.3. The fourth-order valence-electron chi connectivity index (χ4n) is 1.77. The molecule has 0 aliphatic heterocycles. The molecule has 1 aromatic carbocycles. The molecular formula is C15H15FN2O3S. The van der Waals surface area contributed by atoms with Crippen molar-refractivity contribution >= 4 is 28.7 Å². The van der Waals surface area contributed by atoms with E-state index in [4.69, 9.17) is 4.74 Å². The van der Waals surface area contributed by atoms with Gasteiger partial charge in [0.1, 0.15) is 16.4 Å². The summed E-state index contributed by atoms with van der Waals surface area (Å²) < 4.78 is 23.6. The molecule has 0 spiro atoms. The van der Waals surface area contributed by atoms with Crippen LogP contribution in [0.2, 0.25) is 0 Å². The first-order chi connectivity index (χ1) is 10.6. The smallest absolute Gasteiger partial charge is 0.350 e. The van der Waals surface area contributed by atoms with Gasteiger partial charge in [0, 0.05) is 11.6 Å². The van der Waals surface area contributed by atoms with Crippen molar-refractivity contribution in [1.82, 2.24) is 0 Å². The molecule has 7 heteroatoms. The molecule has 116 valence electrons. The summed E-state index contributed by atoms with van der Waals surface area (Å²) in [5.41, 5.74) is 4.08. The largest absolute Gasteiger partial charge is 0.497 e. The highest BCUT2D eigenvalue weighted by Crippen LogP contribution is 2.23. The van der Waals surface area contributed by atoms with Crippen LogP contribution < -0.4 is 10.2 Å². The van der Waals surface area contributed by atoms with Gasteiger partial charge >= 0.3 is 5.97 Å². The summed E-state index contributed by atoms with van der Waals surface area (Å²) in [6.07, 6.45) is 0. The molecule has 1 aromatic heterocycles. The lowest BCUT2D eigenvalue weighted by Crippen LogP contribution is -2.05. The third-order valence-electron chi connectivity index (χ3n) is 2.95. The lowest BCUT2D eigenvalue weighted by molar-refractivity contribution is 0.0607. The van der Waals surface area contributed by atoms with Crippen LogP contribution in [0, 0.1) is 5.82 Å². The summed E-state index contributed by atoms with van der Waals surface area (Å²) in [4.78, 5) is 12.0. The van der Waals surface area contributed by atoms with Crippen LogP contribution in [0.15, 0.2) is 34.7 Å². The maximum Gasteiger partial charge on any atom is 0.350 e. The van der Waals surface area contributed by atoms with Gasteiger partial charge in [0.05, 0.1) is 25.6 Å². The number of benzene rings is 1. The van der Waals surface area contributed by atoms with E-state index in [9.17, 15) is 9.18 Å². The van der Waals surface area contributed by atoms with E-state index in [2.05, 4.69) is 15.3 Å². The normalized spacial score (nSPS) is 11.2. The first-order valence-corrected chi connectivity index (χ1v) is 7.24. The molecule has 2 aromatic rings. The van der Waals surface area contributed by atoms with Crippen LogP contribution in [0.5, 0.6) is 5.75 Å². The molecule has 1 heterocycles. The van der Waals surface area contributed by atoms with Gasteiger partial charge in [-0.2, -0.15) is 5.10 Å². The molecule has 2 rings (SSSR count). The van der Waals surface area contributed by atoms with Gasteiger partial charge < -0.3 is 9.47 Å². The van der Waals surface area contributed by atoms with Gasteiger partial charge in [-0.3, -0.25) is 5.43 Å². The van der Waals surface area contributed by atoms with Crippen molar-refractivity contribution in [1.29, 1.82) is 0 Å². The third kappa shape index (κ3) is 3.43. The van der Waals surface area contributed by atoms with E-state index >= 15 is 0 Å². The molecule has 0 aliphatic rings. The highest BCUT2D eigenvalue weighted by Gasteiger charge is 2.13. The monoisotopic (exact) mass is 322 g/mol. The zero-order chi connectivity index (χ0) is 16.1. The molecule has 0 atom stereocenters. The van der Waals surface area contributed by atoms with Gasteiger partial charge in [-0.05, 0) is 30.5 Å². The molecule has 0 amide bonds. The maximum absolute atomic E-state index is 14.0. The summed E-state index contributed by atoms with van der Waals surface area (Å²) in [5.74, 6) is -0.435. The number of halogens is 1. The Morgan fingerprint density at radius 2 is 2.09 bits per heavy atom. The summed E-state index contributed by atoms with van der Waals surface area (Å²) in [6, 6.07) is 6.24. The van der Waals surface area contributed by atoms with Gasteiger partial charge in [-0.1, -0.05) is 0 Å². The highest BCUT2D eigenvalue weighted by molar-refractivity contribution is 7.12. The number of thiophene rings is 1. The number of rotatable bonds is 5. The van der Waals surface area contributed by atoms with Crippen LogP contribution in [0.3, 0.4) is 0 Å². The molecule has 5 nitrogen and oxygen atoms in total. The number of nitrogens with one attached hydrogen (secondary N) is 1. The van der Waals surface area contributed by atoms with Gasteiger partial charge in [0.2, 0.25) is 0 Å². The number of ether oxygens (including phenoxy) is 2. The van der Waals surface area contributed by atoms with Crippen molar-refractivity contribution in [2.24, 2.45) is 5.10 Å². The molecule has 22 heavy (non-hydrogen) atoms. The van der Waals surface area contributed by atoms with Crippen molar-refractivity contribution in [3.63, 3.8) is 0 Å². The lowest BCUT2D eigenvalue weighted by Gasteiger charge is -2.06. The van der Waals surface area contributed by atoms with Crippen molar-refractivity contribution < 1.29 is 18.7 Å². The van der Waals surface area contributed by atoms with Crippen LogP contribution in [0.25, 0.3) is 0 Å². The summed E-state index contributed by atoms with van der Waals surface area (Å²) in [6.45, 7) is 1.67. The van der Waals surface area contributed by atoms with Gasteiger partial charge in [0.15, 0.2) is 0 Å². The second-order valence-corrected chi connectivity index (χ2v) is 5.23. The third-order valence-corrected chi connectivity index (χ3v) is 3.84. The summed E-state index contributed by atoms with van der Waals surface area (Å²) >= 11 is 1.24. The quantitative estimate of drug-likeness (QED) is 0.520. The molecule has 0 bridgehead atoms. The highest BCUT2D eigenvalue weighted by atomic mass is 32.1. The first-order valence-electron chi connectivity index (χ1n) is 6.36. The Hall–Kier alpha value is -2.41. The number of hydrogen-bond acceptors (Lipinski definition) is 6. The van der Waals surface area contributed by atoms with E-state index in [1.54, 1.807) is 30.5 Å². The van der Waals surface area contributed by atoms with Crippen molar-refractivity contribution in [2.45, 2.75) is 6.92 Å². The molecule has 0 radical (unpaired) electrons. The number of anilines is 1. The zero-order valence-corrected chi connectivity index (χ0v) is 13.2. The van der Waals surface area contributed by atoms with E-state index in [1.165, 1.54) is 31.6 Å². The van der Waals surface area contributed by atoms with E-state index in [0.29, 0.717) is 27.6 Å². The van der Waals surface area contributed by atoms with E-state index in [1.807, 2.05) is 0 Å². The fraction of sp³-hybridized carbons (Fsp3) is 0.200. The number of methoxy groups -OCH3 is 2. The number of hydrogen-bond donors (Lipinski definition) is 1. The fourth-order valence-corrected chi connectivity index (χ4v) is 2.53. The van der Waals surface area contributed by atoms with Gasteiger partial charge in [0.25, 0.3) is 0 Å². The predicted octanol–water partition coefficient (Wildman–Crippen LogP) is 3.52. The standard InChI is InChI=1S/C15H15FN2O3S/c1-9(11-5-4-10(20-2)8-12(11)16)17-18-13-6-7-22-14(13)15(19)21-3/h4-8,18H,1-3H3. The van der Waals surface area contributed by atoms with Crippen molar-refractivity contribution in [3.8, 4) is 5.75 Å². The number of nitrogens with zero attached hydrogens (tertiary/aromatic N) is 1.